The minimum Gasteiger partial charge on any atom is -0.494 e. The summed E-state index contributed by atoms with van der Waals surface area (Å²) in [7, 11) is -3.68. The third-order valence-corrected chi connectivity index (χ3v) is 5.61. The lowest BCUT2D eigenvalue weighted by Gasteiger charge is -2.12. The first kappa shape index (κ1) is 24.4. The Balaban J connectivity index is 1.59. The third kappa shape index (κ3) is 8.86. The predicted molar refractivity (Wildman–Crippen MR) is 117 cm³/mol. The standard InChI is InChI=1S/C22H32NO6P/c1-3-29-30(25,26)17-28-21-9-6-19(7-10-21)11-13-23-12-4-14-27-22-8-5-18(2)20(15-22)16-24/h5-10,15,23-24H,3-4,11-14,16-17H2,1-2H3,(H,25,26). The topological polar surface area (TPSA) is 97.3 Å². The van der Waals surface area contributed by atoms with E-state index in [9.17, 15) is 14.6 Å². The van der Waals surface area contributed by atoms with E-state index in [0.29, 0.717) is 12.4 Å². The normalized spacial score (nSPS) is 13.1. The maximum Gasteiger partial charge on any atom is 0.365 e. The lowest BCUT2D eigenvalue weighted by molar-refractivity contribution is 0.241. The number of nitrogens with one attached hydrogen (secondary N) is 1. The lowest BCUT2D eigenvalue weighted by Crippen LogP contribution is -2.20. The van der Waals surface area contributed by atoms with Gasteiger partial charge >= 0.3 is 7.60 Å². The molecule has 0 aromatic heterocycles. The van der Waals surface area contributed by atoms with Crippen molar-refractivity contribution in [2.75, 3.05) is 32.7 Å². The summed E-state index contributed by atoms with van der Waals surface area (Å²) in [6, 6.07) is 13.2. The first-order valence-electron chi connectivity index (χ1n) is 10.2. The van der Waals surface area contributed by atoms with Gasteiger partial charge in [0.15, 0.2) is 6.35 Å². The van der Waals surface area contributed by atoms with E-state index in [4.69, 9.17) is 14.0 Å². The van der Waals surface area contributed by atoms with Crippen LogP contribution in [-0.2, 0) is 22.1 Å². The fourth-order valence-electron chi connectivity index (χ4n) is 2.80. The molecule has 2 aromatic carbocycles. The summed E-state index contributed by atoms with van der Waals surface area (Å²) >= 11 is 0. The van der Waals surface area contributed by atoms with Crippen LogP contribution in [0, 0.1) is 6.92 Å². The number of ether oxygens (including phenoxy) is 2. The molecule has 0 heterocycles. The minimum atomic E-state index is -3.68. The zero-order valence-corrected chi connectivity index (χ0v) is 18.6. The lowest BCUT2D eigenvalue weighted by atomic mass is 10.1. The van der Waals surface area contributed by atoms with Gasteiger partial charge in [0.05, 0.1) is 19.8 Å². The summed E-state index contributed by atoms with van der Waals surface area (Å²) in [6.45, 7) is 6.13. The molecule has 7 nitrogen and oxygen atoms in total. The Morgan fingerprint density at radius 1 is 1.03 bits per heavy atom. The van der Waals surface area contributed by atoms with Crippen LogP contribution in [0.5, 0.6) is 11.5 Å². The zero-order valence-electron chi connectivity index (χ0n) is 17.7. The van der Waals surface area contributed by atoms with Crippen molar-refractivity contribution in [2.45, 2.75) is 33.3 Å². The van der Waals surface area contributed by atoms with Gasteiger partial charge in [-0.3, -0.25) is 4.57 Å². The van der Waals surface area contributed by atoms with Crippen molar-refractivity contribution in [2.24, 2.45) is 0 Å². The highest BCUT2D eigenvalue weighted by atomic mass is 31.2. The Kier molecular flexibility index (Phi) is 10.3. The molecular weight excluding hydrogens is 405 g/mol. The van der Waals surface area contributed by atoms with Crippen LogP contribution < -0.4 is 14.8 Å². The summed E-state index contributed by atoms with van der Waals surface area (Å²) in [4.78, 5) is 9.52. The smallest absolute Gasteiger partial charge is 0.365 e. The summed E-state index contributed by atoms with van der Waals surface area (Å²) in [6.07, 6.45) is 1.40. The molecule has 0 bridgehead atoms. The second kappa shape index (κ2) is 12.7. The fourth-order valence-corrected chi connectivity index (χ4v) is 3.59. The molecule has 0 aliphatic carbocycles. The molecule has 0 radical (unpaired) electrons. The molecule has 1 atom stereocenters. The van der Waals surface area contributed by atoms with Crippen molar-refractivity contribution < 1.29 is 28.6 Å². The predicted octanol–water partition coefficient (Wildman–Crippen LogP) is 3.65. The Morgan fingerprint density at radius 2 is 1.77 bits per heavy atom. The van der Waals surface area contributed by atoms with Crippen LogP contribution in [0.4, 0.5) is 0 Å². The number of aryl methyl sites for hydroxylation is 1. The van der Waals surface area contributed by atoms with Crippen molar-refractivity contribution in [3.8, 4) is 11.5 Å². The van der Waals surface area contributed by atoms with E-state index < -0.39 is 7.60 Å². The zero-order chi connectivity index (χ0) is 21.8. The molecule has 0 saturated heterocycles. The average Bonchev–Trinajstić information content (AvgIpc) is 2.73. The van der Waals surface area contributed by atoms with E-state index in [2.05, 4.69) is 5.32 Å². The van der Waals surface area contributed by atoms with Gasteiger partial charge in [0.25, 0.3) is 0 Å². The highest BCUT2D eigenvalue weighted by Gasteiger charge is 2.19. The quantitative estimate of drug-likeness (QED) is 0.307. The largest absolute Gasteiger partial charge is 0.494 e. The highest BCUT2D eigenvalue weighted by molar-refractivity contribution is 7.52. The van der Waals surface area contributed by atoms with Gasteiger partial charge in [-0.1, -0.05) is 18.2 Å². The Labute approximate surface area is 178 Å². The molecule has 166 valence electrons. The van der Waals surface area contributed by atoms with E-state index in [1.807, 2.05) is 37.3 Å². The van der Waals surface area contributed by atoms with Crippen LogP contribution in [0.15, 0.2) is 42.5 Å². The van der Waals surface area contributed by atoms with Crippen LogP contribution in [-0.4, -0.2) is 42.7 Å². The third-order valence-electron chi connectivity index (χ3n) is 4.50. The van der Waals surface area contributed by atoms with Gasteiger partial charge in [-0.25, -0.2) is 0 Å². The number of aliphatic hydroxyl groups is 1. The monoisotopic (exact) mass is 437 g/mol. The molecule has 30 heavy (non-hydrogen) atoms. The highest BCUT2D eigenvalue weighted by Crippen LogP contribution is 2.41. The first-order valence-corrected chi connectivity index (χ1v) is 11.9. The van der Waals surface area contributed by atoms with E-state index in [1.165, 1.54) is 0 Å². The molecule has 2 aromatic rings. The van der Waals surface area contributed by atoms with Crippen molar-refractivity contribution in [3.05, 3.63) is 59.2 Å². The van der Waals surface area contributed by atoms with Gasteiger partial charge in [0.1, 0.15) is 11.5 Å². The molecule has 0 fully saturated rings. The van der Waals surface area contributed by atoms with Crippen molar-refractivity contribution in [3.63, 3.8) is 0 Å². The maximum atomic E-state index is 11.6. The SMILES string of the molecule is CCOP(=O)(O)COc1ccc(CCNCCCOc2ccc(C)c(CO)c2)cc1. The number of aliphatic hydroxyl groups excluding tert-OH is 1. The molecule has 1 unspecified atom stereocenters. The van der Waals surface area contributed by atoms with Gasteiger partial charge in [0, 0.05) is 0 Å². The molecular formula is C22H32NO6P. The van der Waals surface area contributed by atoms with Crippen LogP contribution in [0.2, 0.25) is 0 Å². The number of benzene rings is 2. The molecule has 2 rings (SSSR count). The van der Waals surface area contributed by atoms with E-state index in [0.717, 1.165) is 48.4 Å². The fraction of sp³-hybridized carbons (Fsp3) is 0.455. The van der Waals surface area contributed by atoms with E-state index in [-0.39, 0.29) is 19.6 Å². The van der Waals surface area contributed by atoms with Crippen LogP contribution in [0.25, 0.3) is 0 Å². The molecule has 0 saturated carbocycles. The molecule has 8 heteroatoms. The second-order valence-corrected chi connectivity index (χ2v) is 8.71. The van der Waals surface area contributed by atoms with Gasteiger partial charge in [0.2, 0.25) is 0 Å². The van der Waals surface area contributed by atoms with Gasteiger partial charge < -0.3 is 29.3 Å². The van der Waals surface area contributed by atoms with E-state index in [1.54, 1.807) is 19.1 Å². The summed E-state index contributed by atoms with van der Waals surface area (Å²) in [5, 5.41) is 12.7. The maximum absolute atomic E-state index is 11.6. The summed E-state index contributed by atoms with van der Waals surface area (Å²) < 4.78 is 27.4. The average molecular weight is 437 g/mol. The Morgan fingerprint density at radius 3 is 2.47 bits per heavy atom. The van der Waals surface area contributed by atoms with Crippen molar-refractivity contribution in [1.29, 1.82) is 0 Å². The minimum absolute atomic E-state index is 0.0210. The second-order valence-electron chi connectivity index (χ2n) is 6.92. The molecule has 0 aliphatic heterocycles. The van der Waals surface area contributed by atoms with Gasteiger partial charge in [-0.15, -0.1) is 0 Å². The van der Waals surface area contributed by atoms with E-state index >= 15 is 0 Å². The Hall–Kier alpha value is -1.89. The molecule has 3 N–H and O–H groups in total. The van der Waals surface area contributed by atoms with Crippen LogP contribution >= 0.6 is 7.60 Å². The number of hydrogen-bond acceptors (Lipinski definition) is 6. The van der Waals surface area contributed by atoms with Crippen LogP contribution in [0.1, 0.15) is 30.0 Å². The van der Waals surface area contributed by atoms with Gasteiger partial charge in [-0.05, 0) is 80.7 Å². The Bertz CT molecular complexity index is 812. The molecule has 0 aliphatic rings. The van der Waals surface area contributed by atoms with Crippen LogP contribution in [0.3, 0.4) is 0 Å². The summed E-state index contributed by atoms with van der Waals surface area (Å²) in [5.74, 6) is 1.32. The first-order chi connectivity index (χ1) is 14.4. The van der Waals surface area contributed by atoms with Gasteiger partial charge in [-0.2, -0.15) is 0 Å². The van der Waals surface area contributed by atoms with Crippen molar-refractivity contribution in [1.82, 2.24) is 5.32 Å². The van der Waals surface area contributed by atoms with Crippen molar-refractivity contribution >= 4 is 7.60 Å². The number of rotatable bonds is 14. The number of hydrogen-bond donors (Lipinski definition) is 3. The molecule has 0 amide bonds. The molecule has 0 spiro atoms. The summed E-state index contributed by atoms with van der Waals surface area (Å²) in [5.41, 5.74) is 3.10.